The minimum atomic E-state index is 0.641. The van der Waals surface area contributed by atoms with E-state index in [1.807, 2.05) is 24.3 Å². The highest BCUT2D eigenvalue weighted by Crippen LogP contribution is 2.23. The van der Waals surface area contributed by atoms with Gasteiger partial charge in [0.25, 0.3) is 0 Å². The molecule has 0 spiro atoms. The molecule has 3 heterocycles. The Balaban J connectivity index is 1.41. The second kappa shape index (κ2) is 6.29. The van der Waals surface area contributed by atoms with Gasteiger partial charge in [-0.1, -0.05) is 5.16 Å². The first-order valence-electron chi connectivity index (χ1n) is 8.25. The Morgan fingerprint density at radius 1 is 1.22 bits per heavy atom. The number of hydrogen-bond acceptors (Lipinski definition) is 6. The van der Waals surface area contributed by atoms with Crippen molar-refractivity contribution < 1.29 is 9.26 Å². The molecule has 122 valence electrons. The molecule has 2 aromatic rings. The lowest BCUT2D eigenvalue weighted by Gasteiger charge is -2.36. The molecule has 1 unspecified atom stereocenters. The second-order valence-corrected chi connectivity index (χ2v) is 6.31. The maximum Gasteiger partial charge on any atom is 0.241 e. The molecule has 4 rings (SSSR count). The van der Waals surface area contributed by atoms with E-state index in [-0.39, 0.29) is 0 Å². The summed E-state index contributed by atoms with van der Waals surface area (Å²) in [6.45, 7) is 5.36. The van der Waals surface area contributed by atoms with Crippen molar-refractivity contribution in [1.29, 1.82) is 0 Å². The number of rotatable bonds is 4. The molecule has 1 aromatic heterocycles. The third-order valence-corrected chi connectivity index (χ3v) is 4.85. The van der Waals surface area contributed by atoms with Crippen molar-refractivity contribution in [1.82, 2.24) is 19.9 Å². The van der Waals surface area contributed by atoms with Crippen molar-refractivity contribution in [3.8, 4) is 17.1 Å². The van der Waals surface area contributed by atoms with Gasteiger partial charge in [-0.2, -0.15) is 4.98 Å². The fourth-order valence-electron chi connectivity index (χ4n) is 3.57. The molecular weight excluding hydrogens is 292 g/mol. The van der Waals surface area contributed by atoms with Gasteiger partial charge in [0.15, 0.2) is 0 Å². The molecule has 0 radical (unpaired) electrons. The summed E-state index contributed by atoms with van der Waals surface area (Å²) in [7, 11) is 1.66. The van der Waals surface area contributed by atoms with Crippen LogP contribution in [0, 0.1) is 0 Å². The monoisotopic (exact) mass is 314 g/mol. The summed E-state index contributed by atoms with van der Waals surface area (Å²) in [4.78, 5) is 9.57. The smallest absolute Gasteiger partial charge is 0.241 e. The summed E-state index contributed by atoms with van der Waals surface area (Å²) >= 11 is 0. The van der Waals surface area contributed by atoms with Crippen LogP contribution in [0.4, 0.5) is 0 Å². The normalized spacial score (nSPS) is 22.2. The molecule has 0 bridgehead atoms. The lowest BCUT2D eigenvalue weighted by molar-refractivity contribution is 0.0908. The molecule has 2 aliphatic rings. The number of aromatic nitrogens is 2. The summed E-state index contributed by atoms with van der Waals surface area (Å²) in [6.07, 6.45) is 2.65. The van der Waals surface area contributed by atoms with Crippen molar-refractivity contribution in [3.63, 3.8) is 0 Å². The Morgan fingerprint density at radius 3 is 2.91 bits per heavy atom. The van der Waals surface area contributed by atoms with Crippen molar-refractivity contribution >= 4 is 0 Å². The van der Waals surface area contributed by atoms with Gasteiger partial charge in [-0.3, -0.25) is 9.80 Å². The molecule has 2 saturated heterocycles. The number of methoxy groups -OCH3 is 1. The van der Waals surface area contributed by atoms with Crippen LogP contribution < -0.4 is 4.74 Å². The van der Waals surface area contributed by atoms with Gasteiger partial charge in [0.05, 0.1) is 13.7 Å². The van der Waals surface area contributed by atoms with E-state index in [9.17, 15) is 0 Å². The van der Waals surface area contributed by atoms with Gasteiger partial charge in [-0.05, 0) is 43.7 Å². The van der Waals surface area contributed by atoms with Gasteiger partial charge in [-0.15, -0.1) is 0 Å². The van der Waals surface area contributed by atoms with Crippen molar-refractivity contribution in [2.75, 3.05) is 33.3 Å². The first kappa shape index (κ1) is 14.7. The van der Waals surface area contributed by atoms with Gasteiger partial charge >= 0.3 is 0 Å². The summed E-state index contributed by atoms with van der Waals surface area (Å²) in [5.74, 6) is 2.16. The van der Waals surface area contributed by atoms with Crippen LogP contribution in [-0.2, 0) is 6.54 Å². The highest BCUT2D eigenvalue weighted by atomic mass is 16.5. The quantitative estimate of drug-likeness (QED) is 0.861. The minimum Gasteiger partial charge on any atom is -0.497 e. The minimum absolute atomic E-state index is 0.641. The third kappa shape index (κ3) is 3.09. The Labute approximate surface area is 136 Å². The number of nitrogens with zero attached hydrogens (tertiary/aromatic N) is 4. The summed E-state index contributed by atoms with van der Waals surface area (Å²) in [5, 5.41) is 4.11. The number of ether oxygens (including phenoxy) is 1. The molecule has 1 aromatic carbocycles. The lowest BCUT2D eigenvalue weighted by atomic mass is 10.1. The molecule has 2 aliphatic heterocycles. The van der Waals surface area contributed by atoms with Gasteiger partial charge in [0.2, 0.25) is 11.7 Å². The SMILES string of the molecule is COc1ccc(-c2noc(CN3CCN4CCCC4C3)n2)cc1. The molecule has 6 nitrogen and oxygen atoms in total. The van der Waals surface area contributed by atoms with E-state index in [4.69, 9.17) is 9.26 Å². The zero-order valence-corrected chi connectivity index (χ0v) is 13.4. The van der Waals surface area contributed by atoms with Gasteiger partial charge in [0, 0.05) is 31.2 Å². The van der Waals surface area contributed by atoms with E-state index in [1.165, 1.54) is 19.4 Å². The average Bonchev–Trinajstić information content (AvgIpc) is 3.24. The summed E-state index contributed by atoms with van der Waals surface area (Å²) < 4.78 is 10.6. The molecule has 0 saturated carbocycles. The molecular formula is C17H22N4O2. The number of fused-ring (bicyclic) bond motifs is 1. The van der Waals surface area contributed by atoms with Crippen molar-refractivity contribution in [3.05, 3.63) is 30.2 Å². The van der Waals surface area contributed by atoms with Crippen LogP contribution >= 0.6 is 0 Å². The van der Waals surface area contributed by atoms with Crippen LogP contribution in [0.25, 0.3) is 11.4 Å². The van der Waals surface area contributed by atoms with Crippen LogP contribution in [0.3, 0.4) is 0 Å². The lowest BCUT2D eigenvalue weighted by Crippen LogP contribution is -2.49. The second-order valence-electron chi connectivity index (χ2n) is 6.31. The Kier molecular flexibility index (Phi) is 4.01. The average molecular weight is 314 g/mol. The fourth-order valence-corrected chi connectivity index (χ4v) is 3.57. The summed E-state index contributed by atoms with van der Waals surface area (Å²) in [5.41, 5.74) is 0.946. The maximum atomic E-state index is 5.44. The summed E-state index contributed by atoms with van der Waals surface area (Å²) in [6, 6.07) is 8.43. The van der Waals surface area contributed by atoms with Crippen molar-refractivity contribution in [2.24, 2.45) is 0 Å². The first-order chi connectivity index (χ1) is 11.3. The predicted molar refractivity (Wildman–Crippen MR) is 86.2 cm³/mol. The van der Waals surface area contributed by atoms with Crippen LogP contribution in [0.5, 0.6) is 5.75 Å². The molecule has 0 aliphatic carbocycles. The van der Waals surface area contributed by atoms with Crippen LogP contribution in [0.15, 0.2) is 28.8 Å². The molecule has 23 heavy (non-hydrogen) atoms. The van der Waals surface area contributed by atoms with Crippen molar-refractivity contribution in [2.45, 2.75) is 25.4 Å². The van der Waals surface area contributed by atoms with Gasteiger partial charge in [0.1, 0.15) is 5.75 Å². The van der Waals surface area contributed by atoms with E-state index >= 15 is 0 Å². The van der Waals surface area contributed by atoms with Crippen LogP contribution in [0.1, 0.15) is 18.7 Å². The van der Waals surface area contributed by atoms with E-state index in [0.717, 1.165) is 37.5 Å². The number of hydrogen-bond donors (Lipinski definition) is 0. The maximum absolute atomic E-state index is 5.44. The molecule has 6 heteroatoms. The van der Waals surface area contributed by atoms with Gasteiger partial charge < -0.3 is 9.26 Å². The molecule has 2 fully saturated rings. The largest absolute Gasteiger partial charge is 0.497 e. The van der Waals surface area contributed by atoms with E-state index in [2.05, 4.69) is 19.9 Å². The van der Waals surface area contributed by atoms with E-state index in [1.54, 1.807) is 7.11 Å². The van der Waals surface area contributed by atoms with Crippen LogP contribution in [-0.4, -0.2) is 59.3 Å². The highest BCUT2D eigenvalue weighted by molar-refractivity contribution is 5.55. The standard InChI is InChI=1S/C17H22N4O2/c1-22-15-6-4-13(5-7-15)17-18-16(23-19-17)12-20-9-10-21-8-2-3-14(21)11-20/h4-7,14H,2-3,8-12H2,1H3. The van der Waals surface area contributed by atoms with Crippen LogP contribution in [0.2, 0.25) is 0 Å². The zero-order valence-electron chi connectivity index (χ0n) is 13.4. The zero-order chi connectivity index (χ0) is 15.6. The number of piperazine rings is 1. The topological polar surface area (TPSA) is 54.6 Å². The molecule has 1 atom stereocenters. The Bertz CT molecular complexity index is 655. The van der Waals surface area contributed by atoms with E-state index in [0.29, 0.717) is 17.8 Å². The highest BCUT2D eigenvalue weighted by Gasteiger charge is 2.31. The number of benzene rings is 1. The first-order valence-corrected chi connectivity index (χ1v) is 8.25. The third-order valence-electron chi connectivity index (χ3n) is 4.85. The Morgan fingerprint density at radius 2 is 2.09 bits per heavy atom. The Hall–Kier alpha value is -1.92. The molecule has 0 amide bonds. The predicted octanol–water partition coefficient (Wildman–Crippen LogP) is 2.03. The van der Waals surface area contributed by atoms with Gasteiger partial charge in [-0.25, -0.2) is 0 Å². The fraction of sp³-hybridized carbons (Fsp3) is 0.529. The van der Waals surface area contributed by atoms with E-state index < -0.39 is 0 Å². The molecule has 0 N–H and O–H groups in total.